The molecule has 1 fully saturated rings. The van der Waals surface area contributed by atoms with Crippen molar-refractivity contribution in [2.75, 3.05) is 37.7 Å². The summed E-state index contributed by atoms with van der Waals surface area (Å²) in [6.07, 6.45) is 0.957. The number of anilines is 1. The Balaban J connectivity index is 1.75. The third-order valence-corrected chi connectivity index (χ3v) is 5.99. The SMILES string of the molecule is CCNCC1CCN(c2c(F)cc3c(=O)c4c(=O)[nH]oc4n4c3c2OCC4C)C1. The van der Waals surface area contributed by atoms with Gasteiger partial charge in [-0.3, -0.25) is 14.2 Å². The first-order valence-electron chi connectivity index (χ1n) is 10.0. The lowest BCUT2D eigenvalue weighted by atomic mass is 10.1. The minimum absolute atomic E-state index is 0.0868. The molecule has 0 saturated carbocycles. The number of pyridine rings is 1. The number of nitrogens with one attached hydrogen (secondary N) is 2. The number of H-pyrrole nitrogens is 1. The first kappa shape index (κ1) is 18.2. The number of hydrogen-bond donors (Lipinski definition) is 2. The van der Waals surface area contributed by atoms with Crippen molar-refractivity contribution < 1.29 is 13.7 Å². The number of hydrogen-bond acceptors (Lipinski definition) is 6. The molecule has 0 radical (unpaired) electrons. The van der Waals surface area contributed by atoms with Gasteiger partial charge in [-0.05, 0) is 38.4 Å². The molecule has 9 heteroatoms. The van der Waals surface area contributed by atoms with Gasteiger partial charge in [-0.2, -0.15) is 5.16 Å². The van der Waals surface area contributed by atoms with E-state index in [-0.39, 0.29) is 22.5 Å². The molecular formula is C20H23FN4O4. The van der Waals surface area contributed by atoms with Crippen LogP contribution in [0.15, 0.2) is 20.2 Å². The van der Waals surface area contributed by atoms with Crippen molar-refractivity contribution in [2.45, 2.75) is 26.3 Å². The Kier molecular flexibility index (Phi) is 4.16. The van der Waals surface area contributed by atoms with E-state index in [9.17, 15) is 9.59 Å². The van der Waals surface area contributed by atoms with Gasteiger partial charge in [-0.25, -0.2) is 4.39 Å². The summed E-state index contributed by atoms with van der Waals surface area (Å²) in [6.45, 7) is 7.48. The van der Waals surface area contributed by atoms with E-state index in [2.05, 4.69) is 17.4 Å². The van der Waals surface area contributed by atoms with Crippen LogP contribution >= 0.6 is 0 Å². The third kappa shape index (κ3) is 2.60. The van der Waals surface area contributed by atoms with Crippen molar-refractivity contribution in [2.24, 2.45) is 5.92 Å². The van der Waals surface area contributed by atoms with Crippen LogP contribution in [0.25, 0.3) is 22.0 Å². The number of aromatic nitrogens is 2. The molecule has 2 aliphatic rings. The topological polar surface area (TPSA) is 92.5 Å². The van der Waals surface area contributed by atoms with Crippen molar-refractivity contribution >= 4 is 27.7 Å². The number of rotatable bonds is 4. The monoisotopic (exact) mass is 402 g/mol. The normalized spacial score (nSPS) is 21.3. The van der Waals surface area contributed by atoms with E-state index in [4.69, 9.17) is 9.26 Å². The van der Waals surface area contributed by atoms with E-state index in [1.165, 1.54) is 6.07 Å². The number of aromatic amines is 1. The number of nitrogens with zero attached hydrogens (tertiary/aromatic N) is 2. The maximum atomic E-state index is 15.3. The number of fused-ring (bicyclic) bond motifs is 2. The lowest BCUT2D eigenvalue weighted by Gasteiger charge is -2.30. The molecule has 2 unspecified atom stereocenters. The molecule has 0 spiro atoms. The molecule has 1 saturated heterocycles. The van der Waals surface area contributed by atoms with Crippen molar-refractivity contribution in [3.05, 3.63) is 32.5 Å². The highest BCUT2D eigenvalue weighted by atomic mass is 19.1. The Hall–Kier alpha value is -2.81. The third-order valence-electron chi connectivity index (χ3n) is 5.99. The summed E-state index contributed by atoms with van der Waals surface area (Å²) < 4.78 is 28.3. The summed E-state index contributed by atoms with van der Waals surface area (Å²) in [5.41, 5.74) is -0.110. The van der Waals surface area contributed by atoms with Gasteiger partial charge in [0.25, 0.3) is 5.56 Å². The van der Waals surface area contributed by atoms with Crippen LogP contribution in [-0.2, 0) is 0 Å². The standard InChI is InChI=1S/C20H23FN4O4/c1-3-22-7-11-4-5-24(8-11)16-13(21)6-12-15-18(16)28-9-10(2)25(15)20-14(17(12)26)19(27)23-29-20/h6,10-11,22H,3-5,7-9H2,1-2H3,(H,23,27). The second-order valence-corrected chi connectivity index (χ2v) is 7.91. The van der Waals surface area contributed by atoms with Gasteiger partial charge in [-0.1, -0.05) is 6.92 Å². The summed E-state index contributed by atoms with van der Waals surface area (Å²) in [6, 6.07) is 1.06. The highest BCUT2D eigenvalue weighted by molar-refractivity contribution is 5.98. The quantitative estimate of drug-likeness (QED) is 0.693. The highest BCUT2D eigenvalue weighted by Crippen LogP contribution is 2.44. The maximum absolute atomic E-state index is 15.3. The molecule has 5 rings (SSSR count). The smallest absolute Gasteiger partial charge is 0.293 e. The van der Waals surface area contributed by atoms with Crippen LogP contribution < -0.4 is 25.9 Å². The molecule has 29 heavy (non-hydrogen) atoms. The molecule has 154 valence electrons. The summed E-state index contributed by atoms with van der Waals surface area (Å²) >= 11 is 0. The summed E-state index contributed by atoms with van der Waals surface area (Å²) in [5.74, 6) is 0.270. The zero-order valence-corrected chi connectivity index (χ0v) is 16.4. The van der Waals surface area contributed by atoms with E-state index in [0.29, 0.717) is 36.0 Å². The van der Waals surface area contributed by atoms with E-state index in [0.717, 1.165) is 26.1 Å². The number of ether oxygens (including phenoxy) is 1. The van der Waals surface area contributed by atoms with E-state index in [1.807, 2.05) is 11.8 Å². The lowest BCUT2D eigenvalue weighted by Crippen LogP contribution is -2.29. The molecule has 0 amide bonds. The van der Waals surface area contributed by atoms with Gasteiger partial charge in [0.1, 0.15) is 17.8 Å². The van der Waals surface area contributed by atoms with Crippen molar-refractivity contribution in [1.82, 2.24) is 15.0 Å². The van der Waals surface area contributed by atoms with Crippen LogP contribution in [0.2, 0.25) is 0 Å². The van der Waals surface area contributed by atoms with Crippen LogP contribution in [0.3, 0.4) is 0 Å². The van der Waals surface area contributed by atoms with E-state index < -0.39 is 16.8 Å². The molecule has 1 aromatic carbocycles. The van der Waals surface area contributed by atoms with Gasteiger partial charge in [0.2, 0.25) is 11.1 Å². The minimum Gasteiger partial charge on any atom is -0.487 e. The molecule has 0 aliphatic carbocycles. The van der Waals surface area contributed by atoms with E-state index >= 15 is 4.39 Å². The molecular weight excluding hydrogens is 379 g/mol. The Morgan fingerprint density at radius 2 is 2.21 bits per heavy atom. The second-order valence-electron chi connectivity index (χ2n) is 7.91. The average Bonchev–Trinajstić information content (AvgIpc) is 3.32. The predicted molar refractivity (Wildman–Crippen MR) is 108 cm³/mol. The largest absolute Gasteiger partial charge is 0.487 e. The molecule has 2 aliphatic heterocycles. The fourth-order valence-corrected chi connectivity index (χ4v) is 4.60. The van der Waals surface area contributed by atoms with Crippen molar-refractivity contribution in [1.29, 1.82) is 0 Å². The molecule has 4 heterocycles. The van der Waals surface area contributed by atoms with Crippen LogP contribution in [-0.4, -0.2) is 42.5 Å². The Morgan fingerprint density at radius 1 is 1.38 bits per heavy atom. The van der Waals surface area contributed by atoms with Gasteiger partial charge in [0.05, 0.1) is 11.4 Å². The zero-order valence-electron chi connectivity index (χ0n) is 16.4. The highest BCUT2D eigenvalue weighted by Gasteiger charge is 2.34. The average molecular weight is 402 g/mol. The van der Waals surface area contributed by atoms with Gasteiger partial charge in [-0.15, -0.1) is 0 Å². The van der Waals surface area contributed by atoms with Crippen molar-refractivity contribution in [3.63, 3.8) is 0 Å². The Labute approximate surface area is 165 Å². The molecule has 2 N–H and O–H groups in total. The summed E-state index contributed by atoms with van der Waals surface area (Å²) in [4.78, 5) is 27.0. The molecule has 2 atom stereocenters. The lowest BCUT2D eigenvalue weighted by molar-refractivity contribution is 0.244. The van der Waals surface area contributed by atoms with Crippen LogP contribution in [0, 0.1) is 11.7 Å². The number of halogens is 1. The summed E-state index contributed by atoms with van der Waals surface area (Å²) in [5, 5.41) is 5.63. The fourth-order valence-electron chi connectivity index (χ4n) is 4.60. The fraction of sp³-hybridized carbons (Fsp3) is 0.500. The zero-order chi connectivity index (χ0) is 20.3. The Morgan fingerprint density at radius 3 is 3.00 bits per heavy atom. The Bertz CT molecular complexity index is 1230. The molecule has 2 aromatic heterocycles. The van der Waals surface area contributed by atoms with Crippen LogP contribution in [0.1, 0.15) is 26.3 Å². The van der Waals surface area contributed by atoms with Gasteiger partial charge in [0, 0.05) is 13.1 Å². The minimum atomic E-state index is -0.605. The van der Waals surface area contributed by atoms with Gasteiger partial charge in [0.15, 0.2) is 17.0 Å². The van der Waals surface area contributed by atoms with Crippen LogP contribution in [0.5, 0.6) is 5.75 Å². The second kappa shape index (κ2) is 6.62. The molecule has 3 aromatic rings. The van der Waals surface area contributed by atoms with Crippen LogP contribution in [0.4, 0.5) is 10.1 Å². The van der Waals surface area contributed by atoms with Crippen molar-refractivity contribution in [3.8, 4) is 5.75 Å². The van der Waals surface area contributed by atoms with Gasteiger partial charge < -0.3 is 19.5 Å². The maximum Gasteiger partial charge on any atom is 0.293 e. The van der Waals surface area contributed by atoms with E-state index in [1.54, 1.807) is 4.57 Å². The molecule has 8 nitrogen and oxygen atoms in total. The van der Waals surface area contributed by atoms with Gasteiger partial charge >= 0.3 is 0 Å². The summed E-state index contributed by atoms with van der Waals surface area (Å²) in [7, 11) is 0. The first-order valence-corrected chi connectivity index (χ1v) is 10.0. The predicted octanol–water partition coefficient (Wildman–Crippen LogP) is 1.96. The molecule has 0 bridgehead atoms. The number of benzene rings is 1. The first-order chi connectivity index (χ1) is 14.0.